The maximum Gasteiger partial charge on any atom is 0.225 e. The molecule has 2 unspecified atom stereocenters. The van der Waals surface area contributed by atoms with Crippen molar-refractivity contribution >= 4 is 5.91 Å². The van der Waals surface area contributed by atoms with Crippen LogP contribution in [0.4, 0.5) is 0 Å². The number of nitrogens with zero attached hydrogens (tertiary/aromatic N) is 1. The van der Waals surface area contributed by atoms with E-state index in [-0.39, 0.29) is 5.92 Å². The van der Waals surface area contributed by atoms with Crippen LogP contribution in [-0.2, 0) is 4.79 Å². The first-order chi connectivity index (χ1) is 7.19. The van der Waals surface area contributed by atoms with Crippen LogP contribution in [0.3, 0.4) is 0 Å². The van der Waals surface area contributed by atoms with Crippen molar-refractivity contribution < 1.29 is 4.79 Å². The number of piperidine rings is 1. The van der Waals surface area contributed by atoms with E-state index in [0.29, 0.717) is 11.9 Å². The third kappa shape index (κ3) is 3.49. The van der Waals surface area contributed by atoms with Gasteiger partial charge in [-0.05, 0) is 26.3 Å². The average Bonchev–Trinajstić information content (AvgIpc) is 2.28. The van der Waals surface area contributed by atoms with Crippen molar-refractivity contribution in [2.75, 3.05) is 20.1 Å². The number of nitrogens with one attached hydrogen (secondary N) is 1. The summed E-state index contributed by atoms with van der Waals surface area (Å²) >= 11 is 0. The van der Waals surface area contributed by atoms with Crippen LogP contribution in [0, 0.1) is 5.92 Å². The Morgan fingerprint density at radius 1 is 1.60 bits per heavy atom. The molecule has 1 heterocycles. The minimum absolute atomic E-state index is 0.200. The van der Waals surface area contributed by atoms with E-state index in [0.717, 1.165) is 32.4 Å². The molecule has 1 saturated heterocycles. The van der Waals surface area contributed by atoms with Gasteiger partial charge in [-0.3, -0.25) is 4.79 Å². The molecule has 1 aliphatic rings. The van der Waals surface area contributed by atoms with Gasteiger partial charge in [0.25, 0.3) is 0 Å². The van der Waals surface area contributed by atoms with Gasteiger partial charge in [-0.1, -0.05) is 20.3 Å². The van der Waals surface area contributed by atoms with Crippen LogP contribution in [0.2, 0.25) is 0 Å². The highest BCUT2D eigenvalue weighted by molar-refractivity contribution is 5.78. The van der Waals surface area contributed by atoms with Crippen LogP contribution >= 0.6 is 0 Å². The van der Waals surface area contributed by atoms with Gasteiger partial charge >= 0.3 is 0 Å². The zero-order valence-electron chi connectivity index (χ0n) is 10.3. The Hall–Kier alpha value is -0.570. The van der Waals surface area contributed by atoms with E-state index in [4.69, 9.17) is 0 Å². The monoisotopic (exact) mass is 212 g/mol. The normalized spacial score (nSPS) is 23.9. The predicted octanol–water partition coefficient (Wildman–Crippen LogP) is 1.63. The second-order valence-electron chi connectivity index (χ2n) is 4.60. The number of hydrogen-bond donors (Lipinski definition) is 1. The maximum atomic E-state index is 12.0. The first-order valence-corrected chi connectivity index (χ1v) is 6.15. The second kappa shape index (κ2) is 6.11. The molecular formula is C12H24N2O. The minimum Gasteiger partial charge on any atom is -0.341 e. The van der Waals surface area contributed by atoms with Gasteiger partial charge in [-0.15, -0.1) is 0 Å². The lowest BCUT2D eigenvalue weighted by Gasteiger charge is -2.34. The molecular weight excluding hydrogens is 188 g/mol. The first kappa shape index (κ1) is 12.5. The van der Waals surface area contributed by atoms with Crippen LogP contribution in [0.1, 0.15) is 39.5 Å². The van der Waals surface area contributed by atoms with Crippen molar-refractivity contribution in [3.63, 3.8) is 0 Å². The van der Waals surface area contributed by atoms with Gasteiger partial charge in [0.05, 0.1) is 0 Å². The number of rotatable bonds is 4. The highest BCUT2D eigenvalue weighted by Crippen LogP contribution is 2.15. The zero-order valence-corrected chi connectivity index (χ0v) is 10.3. The van der Waals surface area contributed by atoms with Crippen LogP contribution in [0.5, 0.6) is 0 Å². The van der Waals surface area contributed by atoms with E-state index in [1.807, 2.05) is 11.9 Å². The summed E-state index contributed by atoms with van der Waals surface area (Å²) in [5.41, 5.74) is 0. The van der Waals surface area contributed by atoms with E-state index in [9.17, 15) is 4.79 Å². The molecule has 3 nitrogen and oxygen atoms in total. The smallest absolute Gasteiger partial charge is 0.225 e. The summed E-state index contributed by atoms with van der Waals surface area (Å²) in [5.74, 6) is 0.544. The topological polar surface area (TPSA) is 32.3 Å². The highest BCUT2D eigenvalue weighted by Gasteiger charge is 2.25. The van der Waals surface area contributed by atoms with Crippen molar-refractivity contribution in [2.45, 2.75) is 45.6 Å². The fourth-order valence-corrected chi connectivity index (χ4v) is 2.28. The first-order valence-electron chi connectivity index (χ1n) is 6.15. The van der Waals surface area contributed by atoms with Gasteiger partial charge in [0.2, 0.25) is 5.91 Å². The number of hydrogen-bond acceptors (Lipinski definition) is 2. The molecule has 0 aromatic heterocycles. The standard InChI is InChI=1S/C12H24N2O/c1-4-6-10(2)12(15)14-8-5-7-11(9-14)13-3/h10-11,13H,4-9H2,1-3H3. The molecule has 0 aromatic carbocycles. The Labute approximate surface area is 93.2 Å². The Kier molecular flexibility index (Phi) is 5.09. The Bertz CT molecular complexity index is 206. The summed E-state index contributed by atoms with van der Waals surface area (Å²) in [6.45, 7) is 6.03. The largest absolute Gasteiger partial charge is 0.341 e. The van der Waals surface area contributed by atoms with E-state index in [1.54, 1.807) is 0 Å². The minimum atomic E-state index is 0.200. The molecule has 0 radical (unpaired) electrons. The second-order valence-corrected chi connectivity index (χ2v) is 4.60. The molecule has 0 aromatic rings. The molecule has 2 atom stereocenters. The number of carbonyl (C=O) groups is 1. The molecule has 0 bridgehead atoms. The lowest BCUT2D eigenvalue weighted by atomic mass is 10.0. The summed E-state index contributed by atoms with van der Waals surface area (Å²) in [5, 5.41) is 3.27. The molecule has 3 heteroatoms. The third-order valence-electron chi connectivity index (χ3n) is 3.28. The molecule has 1 rings (SSSR count). The van der Waals surface area contributed by atoms with Crippen molar-refractivity contribution in [1.29, 1.82) is 0 Å². The van der Waals surface area contributed by atoms with Crippen LogP contribution < -0.4 is 5.32 Å². The molecule has 0 spiro atoms. The van der Waals surface area contributed by atoms with Crippen molar-refractivity contribution in [1.82, 2.24) is 10.2 Å². The highest BCUT2D eigenvalue weighted by atomic mass is 16.2. The van der Waals surface area contributed by atoms with Crippen molar-refractivity contribution in [3.05, 3.63) is 0 Å². The van der Waals surface area contributed by atoms with E-state index < -0.39 is 0 Å². The third-order valence-corrected chi connectivity index (χ3v) is 3.28. The summed E-state index contributed by atoms with van der Waals surface area (Å²) in [7, 11) is 1.98. The van der Waals surface area contributed by atoms with Gasteiger partial charge in [-0.2, -0.15) is 0 Å². The molecule has 88 valence electrons. The lowest BCUT2D eigenvalue weighted by Crippen LogP contribution is -2.48. The fourth-order valence-electron chi connectivity index (χ4n) is 2.28. The SMILES string of the molecule is CCCC(C)C(=O)N1CCCC(NC)C1. The lowest BCUT2D eigenvalue weighted by molar-refractivity contribution is -0.136. The van der Waals surface area contributed by atoms with Gasteiger partial charge in [0, 0.05) is 25.0 Å². The zero-order chi connectivity index (χ0) is 11.3. The number of amides is 1. The molecule has 15 heavy (non-hydrogen) atoms. The van der Waals surface area contributed by atoms with Gasteiger partial charge in [0.15, 0.2) is 0 Å². The number of likely N-dealkylation sites (tertiary alicyclic amines) is 1. The summed E-state index contributed by atoms with van der Waals surface area (Å²) in [4.78, 5) is 14.1. The number of likely N-dealkylation sites (N-methyl/N-ethyl adjacent to an activating group) is 1. The molecule has 0 aliphatic carbocycles. The van der Waals surface area contributed by atoms with Gasteiger partial charge in [-0.25, -0.2) is 0 Å². The molecule has 1 N–H and O–H groups in total. The average molecular weight is 212 g/mol. The van der Waals surface area contributed by atoms with Crippen LogP contribution in [-0.4, -0.2) is 37.0 Å². The van der Waals surface area contributed by atoms with Gasteiger partial charge in [0.1, 0.15) is 0 Å². The van der Waals surface area contributed by atoms with E-state index in [2.05, 4.69) is 19.2 Å². The molecule has 1 fully saturated rings. The van der Waals surface area contributed by atoms with E-state index in [1.165, 1.54) is 6.42 Å². The fraction of sp³-hybridized carbons (Fsp3) is 0.917. The molecule has 0 saturated carbocycles. The van der Waals surface area contributed by atoms with Crippen molar-refractivity contribution in [2.24, 2.45) is 5.92 Å². The van der Waals surface area contributed by atoms with Crippen LogP contribution in [0.15, 0.2) is 0 Å². The Balaban J connectivity index is 2.44. The summed E-state index contributed by atoms with van der Waals surface area (Å²) in [6, 6.07) is 0.497. The summed E-state index contributed by atoms with van der Waals surface area (Å²) in [6.07, 6.45) is 4.44. The predicted molar refractivity (Wildman–Crippen MR) is 62.7 cm³/mol. The van der Waals surface area contributed by atoms with E-state index >= 15 is 0 Å². The summed E-state index contributed by atoms with van der Waals surface area (Å²) < 4.78 is 0. The maximum absolute atomic E-state index is 12.0. The quantitative estimate of drug-likeness (QED) is 0.768. The Morgan fingerprint density at radius 3 is 2.93 bits per heavy atom. The van der Waals surface area contributed by atoms with Crippen molar-refractivity contribution in [3.8, 4) is 0 Å². The van der Waals surface area contributed by atoms with Gasteiger partial charge < -0.3 is 10.2 Å². The Morgan fingerprint density at radius 2 is 2.33 bits per heavy atom. The molecule has 1 amide bonds. The van der Waals surface area contributed by atoms with Crippen LogP contribution in [0.25, 0.3) is 0 Å². The molecule has 1 aliphatic heterocycles. The number of carbonyl (C=O) groups excluding carboxylic acids is 1.